The van der Waals surface area contributed by atoms with E-state index in [-0.39, 0.29) is 0 Å². The van der Waals surface area contributed by atoms with Gasteiger partial charge in [0, 0.05) is 13.2 Å². The van der Waals surface area contributed by atoms with Gasteiger partial charge in [0.2, 0.25) is 0 Å². The van der Waals surface area contributed by atoms with Gasteiger partial charge in [-0.1, -0.05) is 124 Å². The maximum Gasteiger partial charge on any atom is 0.0494 e. The van der Waals surface area contributed by atoms with Crippen LogP contribution in [0.5, 0.6) is 0 Å². The van der Waals surface area contributed by atoms with Crippen LogP contribution in [0.15, 0.2) is 0 Å². The Morgan fingerprint density at radius 1 is 0.444 bits per heavy atom. The van der Waals surface area contributed by atoms with Crippen LogP contribution in [0.4, 0.5) is 0 Å². The monoisotopic (exact) mass is 382 g/mol. The van der Waals surface area contributed by atoms with Crippen LogP contribution in [0.2, 0.25) is 0 Å². The second kappa shape index (κ2) is 22.3. The maximum atomic E-state index is 6.23. The summed E-state index contributed by atoms with van der Waals surface area (Å²) in [4.78, 5) is 0. The molecule has 0 aromatic carbocycles. The van der Waals surface area contributed by atoms with Crippen LogP contribution in [0.1, 0.15) is 143 Å². The van der Waals surface area contributed by atoms with Crippen LogP contribution >= 0.6 is 0 Å². The minimum atomic E-state index is 0.786. The minimum absolute atomic E-state index is 0.786. The molecule has 27 heavy (non-hydrogen) atoms. The number of hydrogen-bond acceptors (Lipinski definition) is 1. The van der Waals surface area contributed by atoms with E-state index in [4.69, 9.17) is 4.74 Å². The van der Waals surface area contributed by atoms with E-state index in [0.29, 0.717) is 0 Å². The highest BCUT2D eigenvalue weighted by atomic mass is 16.5. The average Bonchev–Trinajstić information content (AvgIpc) is 2.69. The van der Waals surface area contributed by atoms with Gasteiger partial charge >= 0.3 is 0 Å². The Morgan fingerprint density at radius 2 is 0.852 bits per heavy atom. The Labute approximate surface area is 173 Å². The first-order valence-electron chi connectivity index (χ1n) is 12.9. The lowest BCUT2D eigenvalue weighted by molar-refractivity contribution is 0.0608. The molecule has 0 aromatic rings. The van der Waals surface area contributed by atoms with Crippen molar-refractivity contribution in [1.29, 1.82) is 0 Å². The van der Waals surface area contributed by atoms with Gasteiger partial charge in [-0.15, -0.1) is 0 Å². The van der Waals surface area contributed by atoms with Gasteiger partial charge in [-0.2, -0.15) is 0 Å². The third kappa shape index (κ3) is 19.1. The second-order valence-electron chi connectivity index (χ2n) is 8.93. The molecular formula is C26H54O. The first-order chi connectivity index (χ1) is 13.3. The third-order valence-electron chi connectivity index (χ3n) is 6.18. The van der Waals surface area contributed by atoms with E-state index in [0.717, 1.165) is 25.0 Å². The van der Waals surface area contributed by atoms with E-state index in [1.807, 2.05) is 0 Å². The summed E-state index contributed by atoms with van der Waals surface area (Å²) in [6, 6.07) is 0. The van der Waals surface area contributed by atoms with Crippen molar-refractivity contribution in [2.45, 2.75) is 143 Å². The zero-order valence-electron chi connectivity index (χ0n) is 19.7. The maximum absolute atomic E-state index is 6.23. The number of hydrogen-bond donors (Lipinski definition) is 0. The van der Waals surface area contributed by atoms with Gasteiger partial charge in [-0.3, -0.25) is 0 Å². The largest absolute Gasteiger partial charge is 0.381 e. The van der Waals surface area contributed by atoms with Crippen LogP contribution < -0.4 is 0 Å². The highest BCUT2D eigenvalue weighted by Gasteiger charge is 2.11. The van der Waals surface area contributed by atoms with Crippen LogP contribution in [0.25, 0.3) is 0 Å². The molecule has 0 aromatic heterocycles. The first kappa shape index (κ1) is 27.0. The molecule has 0 rings (SSSR count). The number of unbranched alkanes of at least 4 members (excludes halogenated alkanes) is 11. The zero-order valence-corrected chi connectivity index (χ0v) is 19.7. The average molecular weight is 383 g/mol. The summed E-state index contributed by atoms with van der Waals surface area (Å²) < 4.78 is 6.23. The quantitative estimate of drug-likeness (QED) is 0.169. The molecule has 0 saturated heterocycles. The van der Waals surface area contributed by atoms with E-state index in [1.54, 1.807) is 0 Å². The van der Waals surface area contributed by atoms with Gasteiger partial charge in [0.25, 0.3) is 0 Å². The Bertz CT molecular complexity index is 263. The Balaban J connectivity index is 4.00. The van der Waals surface area contributed by atoms with Gasteiger partial charge in [-0.25, -0.2) is 0 Å². The van der Waals surface area contributed by atoms with Crippen molar-refractivity contribution in [2.24, 2.45) is 11.8 Å². The number of ether oxygens (including phenoxy) is 1. The molecule has 0 N–H and O–H groups in total. The van der Waals surface area contributed by atoms with Crippen LogP contribution in [0.3, 0.4) is 0 Å². The van der Waals surface area contributed by atoms with E-state index < -0.39 is 0 Å². The van der Waals surface area contributed by atoms with Gasteiger partial charge in [0.15, 0.2) is 0 Å². The van der Waals surface area contributed by atoms with E-state index in [9.17, 15) is 0 Å². The van der Waals surface area contributed by atoms with Crippen molar-refractivity contribution >= 4 is 0 Å². The highest BCUT2D eigenvalue weighted by molar-refractivity contribution is 4.62. The molecule has 0 aliphatic carbocycles. The van der Waals surface area contributed by atoms with Gasteiger partial charge < -0.3 is 4.74 Å². The Morgan fingerprint density at radius 3 is 1.33 bits per heavy atom. The SMILES string of the molecule is CCCCCCCCCC(CCCCCCC)COCC(CC)CCCC. The molecule has 0 fully saturated rings. The molecule has 0 saturated carbocycles. The molecule has 0 spiro atoms. The van der Waals surface area contributed by atoms with Crippen LogP contribution in [-0.2, 0) is 4.74 Å². The van der Waals surface area contributed by atoms with Gasteiger partial charge in [-0.05, 0) is 31.1 Å². The normalized spacial score (nSPS) is 13.8. The fourth-order valence-electron chi connectivity index (χ4n) is 4.04. The summed E-state index contributed by atoms with van der Waals surface area (Å²) >= 11 is 0. The second-order valence-corrected chi connectivity index (χ2v) is 8.93. The lowest BCUT2D eigenvalue weighted by atomic mass is 9.94. The topological polar surface area (TPSA) is 9.23 Å². The Kier molecular flexibility index (Phi) is 22.2. The van der Waals surface area contributed by atoms with Crippen molar-refractivity contribution < 1.29 is 4.74 Å². The van der Waals surface area contributed by atoms with Gasteiger partial charge in [0.1, 0.15) is 0 Å². The first-order valence-corrected chi connectivity index (χ1v) is 12.9. The molecule has 0 bridgehead atoms. The van der Waals surface area contributed by atoms with Crippen LogP contribution in [-0.4, -0.2) is 13.2 Å². The van der Waals surface area contributed by atoms with Crippen molar-refractivity contribution in [3.8, 4) is 0 Å². The zero-order chi connectivity index (χ0) is 20.0. The molecule has 164 valence electrons. The molecule has 0 radical (unpaired) electrons. The lowest BCUT2D eigenvalue weighted by Gasteiger charge is -2.20. The third-order valence-corrected chi connectivity index (χ3v) is 6.18. The van der Waals surface area contributed by atoms with E-state index >= 15 is 0 Å². The van der Waals surface area contributed by atoms with E-state index in [2.05, 4.69) is 27.7 Å². The molecule has 0 aliphatic heterocycles. The fraction of sp³-hybridized carbons (Fsp3) is 1.00. The summed E-state index contributed by atoms with van der Waals surface area (Å²) in [5, 5.41) is 0. The molecular weight excluding hydrogens is 328 g/mol. The molecule has 0 heterocycles. The van der Waals surface area contributed by atoms with Crippen molar-refractivity contribution in [2.75, 3.05) is 13.2 Å². The highest BCUT2D eigenvalue weighted by Crippen LogP contribution is 2.21. The smallest absolute Gasteiger partial charge is 0.0494 e. The lowest BCUT2D eigenvalue weighted by Crippen LogP contribution is -2.15. The molecule has 2 unspecified atom stereocenters. The molecule has 0 aliphatic rings. The summed E-state index contributed by atoms with van der Waals surface area (Å²) in [6.45, 7) is 11.3. The molecule has 1 nitrogen and oxygen atoms in total. The van der Waals surface area contributed by atoms with Crippen molar-refractivity contribution in [1.82, 2.24) is 0 Å². The van der Waals surface area contributed by atoms with Crippen LogP contribution in [0, 0.1) is 11.8 Å². The summed E-state index contributed by atoms with van der Waals surface area (Å²) in [5.41, 5.74) is 0. The minimum Gasteiger partial charge on any atom is -0.381 e. The Hall–Kier alpha value is -0.0400. The molecule has 2 atom stereocenters. The summed E-state index contributed by atoms with van der Waals surface area (Å²) in [5.74, 6) is 1.60. The predicted molar refractivity (Wildman–Crippen MR) is 124 cm³/mol. The molecule has 0 amide bonds. The summed E-state index contributed by atoms with van der Waals surface area (Å²) in [6.07, 6.45) is 25.1. The van der Waals surface area contributed by atoms with Crippen molar-refractivity contribution in [3.63, 3.8) is 0 Å². The fourth-order valence-corrected chi connectivity index (χ4v) is 4.04. The predicted octanol–water partition coefficient (Wildman–Crippen LogP) is 9.34. The summed E-state index contributed by atoms with van der Waals surface area (Å²) in [7, 11) is 0. The van der Waals surface area contributed by atoms with Crippen molar-refractivity contribution in [3.05, 3.63) is 0 Å². The molecule has 1 heteroatoms. The van der Waals surface area contributed by atoms with E-state index in [1.165, 1.54) is 116 Å². The number of rotatable bonds is 22. The standard InChI is InChI=1S/C26H54O/c1-5-9-12-14-15-17-19-22-26(21-18-16-13-10-6-2)24-27-23-25(8-4)20-11-7-3/h25-26H,5-24H2,1-4H3. The van der Waals surface area contributed by atoms with Gasteiger partial charge in [0.05, 0.1) is 0 Å².